The Bertz CT molecular complexity index is 1100. The molecule has 1 aliphatic rings. The zero-order valence-electron chi connectivity index (χ0n) is 14.6. The first kappa shape index (κ1) is 16.3. The Morgan fingerprint density at radius 3 is 3.07 bits per heavy atom. The molecule has 3 aromatic heterocycles. The van der Waals surface area contributed by atoms with Crippen LogP contribution in [0.15, 0.2) is 46.3 Å². The number of aryl methyl sites for hydroxylation is 1. The maximum Gasteiger partial charge on any atom is 0.227 e. The molecule has 1 N–H and O–H groups in total. The lowest BCUT2D eigenvalue weighted by Gasteiger charge is -2.27. The number of nitrogens with zero attached hydrogens (tertiary/aromatic N) is 3. The summed E-state index contributed by atoms with van der Waals surface area (Å²) in [6.45, 7) is 1.39. The maximum atomic E-state index is 12.7. The molecule has 0 bridgehead atoms. The molecule has 0 unspecified atom stereocenters. The van der Waals surface area contributed by atoms with Gasteiger partial charge in [0.1, 0.15) is 0 Å². The second-order valence-corrected chi connectivity index (χ2v) is 7.63. The number of aromatic amines is 1. The lowest BCUT2D eigenvalue weighted by atomic mass is 10.0. The highest BCUT2D eigenvalue weighted by molar-refractivity contribution is 7.13. The molecule has 0 radical (unpaired) electrons. The van der Waals surface area contributed by atoms with E-state index in [1.807, 2.05) is 34.5 Å². The third-order valence-electron chi connectivity index (χ3n) is 5.00. The number of H-pyrrole nitrogens is 1. The topological polar surface area (TPSA) is 75.0 Å². The van der Waals surface area contributed by atoms with Gasteiger partial charge in [0.15, 0.2) is 0 Å². The van der Waals surface area contributed by atoms with E-state index in [0.717, 1.165) is 23.4 Å². The van der Waals surface area contributed by atoms with Crippen molar-refractivity contribution in [1.82, 2.24) is 20.0 Å². The number of fused-ring (bicyclic) bond motifs is 3. The van der Waals surface area contributed by atoms with E-state index < -0.39 is 0 Å². The van der Waals surface area contributed by atoms with E-state index in [0.29, 0.717) is 31.1 Å². The molecule has 4 heterocycles. The van der Waals surface area contributed by atoms with Crippen LogP contribution in [0.5, 0.6) is 0 Å². The Labute approximate surface area is 159 Å². The molecule has 5 rings (SSSR count). The van der Waals surface area contributed by atoms with Crippen molar-refractivity contribution in [3.8, 4) is 10.7 Å². The number of amides is 1. The highest BCUT2D eigenvalue weighted by Crippen LogP contribution is 2.28. The van der Waals surface area contributed by atoms with E-state index in [4.69, 9.17) is 4.52 Å². The Balaban J connectivity index is 1.26. The van der Waals surface area contributed by atoms with Gasteiger partial charge < -0.3 is 14.4 Å². The minimum Gasteiger partial charge on any atom is -0.358 e. The van der Waals surface area contributed by atoms with Crippen LogP contribution in [0, 0.1) is 0 Å². The summed E-state index contributed by atoms with van der Waals surface area (Å²) in [5, 5.41) is 7.19. The van der Waals surface area contributed by atoms with E-state index in [-0.39, 0.29) is 5.91 Å². The molecule has 7 heteroatoms. The maximum absolute atomic E-state index is 12.7. The summed E-state index contributed by atoms with van der Waals surface area (Å²) in [5.41, 5.74) is 3.63. The molecule has 0 fully saturated rings. The summed E-state index contributed by atoms with van der Waals surface area (Å²) in [4.78, 5) is 23.5. The average molecular weight is 378 g/mol. The molecule has 0 saturated carbocycles. The molecule has 1 aliphatic heterocycles. The van der Waals surface area contributed by atoms with Crippen LogP contribution in [0.25, 0.3) is 21.6 Å². The zero-order chi connectivity index (χ0) is 18.2. The molecule has 0 saturated heterocycles. The van der Waals surface area contributed by atoms with Crippen LogP contribution in [0.4, 0.5) is 0 Å². The summed E-state index contributed by atoms with van der Waals surface area (Å²) in [7, 11) is 0. The minimum absolute atomic E-state index is 0.127. The minimum atomic E-state index is 0.127. The monoisotopic (exact) mass is 378 g/mol. The van der Waals surface area contributed by atoms with Gasteiger partial charge in [-0.05, 0) is 17.5 Å². The van der Waals surface area contributed by atoms with Gasteiger partial charge in [-0.1, -0.05) is 29.4 Å². The van der Waals surface area contributed by atoms with Gasteiger partial charge in [0.05, 0.1) is 4.88 Å². The molecule has 1 aromatic carbocycles. The lowest BCUT2D eigenvalue weighted by molar-refractivity contribution is -0.132. The largest absolute Gasteiger partial charge is 0.358 e. The van der Waals surface area contributed by atoms with Gasteiger partial charge >= 0.3 is 0 Å². The second-order valence-electron chi connectivity index (χ2n) is 6.68. The van der Waals surface area contributed by atoms with E-state index in [9.17, 15) is 4.79 Å². The molecule has 0 aliphatic carbocycles. The number of carbonyl (C=O) groups excluding carboxylic acids is 1. The highest BCUT2D eigenvalue weighted by Gasteiger charge is 2.24. The molecular weight excluding hydrogens is 360 g/mol. The summed E-state index contributed by atoms with van der Waals surface area (Å²) in [6, 6.07) is 12.2. The summed E-state index contributed by atoms with van der Waals surface area (Å²) in [5.74, 6) is 1.23. The average Bonchev–Trinajstić information content (AvgIpc) is 3.44. The van der Waals surface area contributed by atoms with Crippen LogP contribution in [0.2, 0.25) is 0 Å². The van der Waals surface area contributed by atoms with Crippen molar-refractivity contribution in [3.63, 3.8) is 0 Å². The first-order valence-corrected chi connectivity index (χ1v) is 9.88. The third kappa shape index (κ3) is 3.04. The standard InChI is InChI=1S/C20H18N4O2S/c25-19(8-7-18-22-20(23-26-18)17-6-3-11-27-17)24-10-9-16-14(12-24)13-4-1-2-5-15(13)21-16/h1-6,11,21H,7-10,12H2. The van der Waals surface area contributed by atoms with Gasteiger partial charge in [0.2, 0.25) is 17.6 Å². The SMILES string of the molecule is O=C(CCc1nc(-c2cccs2)no1)N1CCc2[nH]c3ccccc3c2C1. The molecular formula is C20H18N4O2S. The quantitative estimate of drug-likeness (QED) is 0.586. The van der Waals surface area contributed by atoms with Crippen LogP contribution in [0.1, 0.15) is 23.6 Å². The van der Waals surface area contributed by atoms with Crippen molar-refractivity contribution < 1.29 is 9.32 Å². The van der Waals surface area contributed by atoms with Crippen molar-refractivity contribution in [2.75, 3.05) is 6.54 Å². The van der Waals surface area contributed by atoms with Gasteiger partial charge in [0, 0.05) is 54.5 Å². The van der Waals surface area contributed by atoms with Gasteiger partial charge in [-0.15, -0.1) is 11.3 Å². The first-order chi connectivity index (χ1) is 13.3. The number of aromatic nitrogens is 3. The predicted octanol–water partition coefficient (Wildman–Crippen LogP) is 3.80. The number of rotatable bonds is 4. The Morgan fingerprint density at radius 1 is 1.26 bits per heavy atom. The molecule has 0 atom stereocenters. The van der Waals surface area contributed by atoms with Gasteiger partial charge in [-0.2, -0.15) is 4.98 Å². The van der Waals surface area contributed by atoms with Crippen molar-refractivity contribution in [2.45, 2.75) is 25.8 Å². The molecule has 0 spiro atoms. The molecule has 27 heavy (non-hydrogen) atoms. The van der Waals surface area contributed by atoms with Crippen LogP contribution in [-0.2, 0) is 24.2 Å². The van der Waals surface area contributed by atoms with Crippen LogP contribution < -0.4 is 0 Å². The van der Waals surface area contributed by atoms with Crippen LogP contribution >= 0.6 is 11.3 Å². The zero-order valence-corrected chi connectivity index (χ0v) is 15.5. The number of carbonyl (C=O) groups is 1. The summed E-state index contributed by atoms with van der Waals surface area (Å²) in [6.07, 6.45) is 1.71. The van der Waals surface area contributed by atoms with Crippen molar-refractivity contribution in [3.05, 3.63) is 58.9 Å². The number of hydrogen-bond acceptors (Lipinski definition) is 5. The molecule has 1 amide bonds. The number of hydrogen-bond donors (Lipinski definition) is 1. The molecule has 4 aromatic rings. The normalized spacial score (nSPS) is 13.9. The van der Waals surface area contributed by atoms with Crippen LogP contribution in [-0.4, -0.2) is 32.5 Å². The number of thiophene rings is 1. The fourth-order valence-corrected chi connectivity index (χ4v) is 4.26. The number of para-hydroxylation sites is 1. The first-order valence-electron chi connectivity index (χ1n) is 9.00. The van der Waals surface area contributed by atoms with E-state index in [2.05, 4.69) is 27.3 Å². The smallest absolute Gasteiger partial charge is 0.227 e. The highest BCUT2D eigenvalue weighted by atomic mass is 32.1. The predicted molar refractivity (Wildman–Crippen MR) is 103 cm³/mol. The Morgan fingerprint density at radius 2 is 2.19 bits per heavy atom. The summed E-state index contributed by atoms with van der Waals surface area (Å²) < 4.78 is 5.30. The molecule has 6 nitrogen and oxygen atoms in total. The fourth-order valence-electron chi connectivity index (χ4n) is 3.61. The molecule has 136 valence electrons. The van der Waals surface area contributed by atoms with E-state index >= 15 is 0 Å². The third-order valence-corrected chi connectivity index (χ3v) is 5.86. The van der Waals surface area contributed by atoms with Crippen molar-refractivity contribution in [2.24, 2.45) is 0 Å². The fraction of sp³-hybridized carbons (Fsp3) is 0.250. The van der Waals surface area contributed by atoms with Gasteiger partial charge in [0.25, 0.3) is 0 Å². The van der Waals surface area contributed by atoms with Crippen molar-refractivity contribution >= 4 is 28.1 Å². The number of nitrogens with one attached hydrogen (secondary N) is 1. The number of benzene rings is 1. The van der Waals surface area contributed by atoms with E-state index in [1.165, 1.54) is 16.6 Å². The Hall–Kier alpha value is -2.93. The van der Waals surface area contributed by atoms with E-state index in [1.54, 1.807) is 11.3 Å². The van der Waals surface area contributed by atoms with Gasteiger partial charge in [-0.3, -0.25) is 4.79 Å². The lowest BCUT2D eigenvalue weighted by Crippen LogP contribution is -2.35. The van der Waals surface area contributed by atoms with Crippen molar-refractivity contribution in [1.29, 1.82) is 0 Å². The van der Waals surface area contributed by atoms with Gasteiger partial charge in [-0.25, -0.2) is 0 Å². The van der Waals surface area contributed by atoms with Crippen LogP contribution in [0.3, 0.4) is 0 Å². The summed E-state index contributed by atoms with van der Waals surface area (Å²) >= 11 is 1.57. The Kier molecular flexibility index (Phi) is 4.01. The second kappa shape index (κ2) is 6.66.